The molecule has 26 heavy (non-hydrogen) atoms. The van der Waals surface area contributed by atoms with Crippen LogP contribution in [-0.4, -0.2) is 23.3 Å². The molecular weight excluding hydrogens is 380 g/mol. The van der Waals surface area contributed by atoms with Crippen LogP contribution in [0.15, 0.2) is 23.8 Å². The number of anilines is 1. The summed E-state index contributed by atoms with van der Waals surface area (Å²) in [6.45, 7) is 0. The molecule has 2 aliphatic carbocycles. The van der Waals surface area contributed by atoms with E-state index in [4.69, 9.17) is 27.9 Å². The fraction of sp³-hybridized carbons (Fsp3) is 0.474. The highest BCUT2D eigenvalue weighted by Crippen LogP contribution is 2.40. The number of benzene rings is 1. The Bertz CT molecular complexity index is 804. The Morgan fingerprint density at radius 2 is 1.88 bits per heavy atom. The van der Waals surface area contributed by atoms with Crippen LogP contribution < -0.4 is 9.64 Å². The lowest BCUT2D eigenvalue weighted by atomic mass is 9.85. The van der Waals surface area contributed by atoms with Gasteiger partial charge in [-0.25, -0.2) is 9.29 Å². The van der Waals surface area contributed by atoms with E-state index in [9.17, 15) is 14.0 Å². The van der Waals surface area contributed by atoms with Crippen molar-refractivity contribution in [2.45, 2.75) is 50.0 Å². The van der Waals surface area contributed by atoms with Crippen LogP contribution in [0, 0.1) is 11.7 Å². The zero-order valence-corrected chi connectivity index (χ0v) is 15.5. The number of hydrogen-bond acceptors (Lipinski definition) is 3. The van der Waals surface area contributed by atoms with E-state index in [0.29, 0.717) is 24.2 Å². The third-order valence-electron chi connectivity index (χ3n) is 5.28. The van der Waals surface area contributed by atoms with Crippen LogP contribution in [0.25, 0.3) is 0 Å². The summed E-state index contributed by atoms with van der Waals surface area (Å²) in [7, 11) is 0. The van der Waals surface area contributed by atoms with Gasteiger partial charge in [0, 0.05) is 17.0 Å². The molecule has 1 aliphatic heterocycles. The highest BCUT2D eigenvalue weighted by Gasteiger charge is 2.43. The van der Waals surface area contributed by atoms with Gasteiger partial charge >= 0.3 is 0 Å². The van der Waals surface area contributed by atoms with Gasteiger partial charge in [-0.3, -0.25) is 9.59 Å². The Morgan fingerprint density at radius 1 is 1.15 bits per heavy atom. The maximum Gasteiger partial charge on any atom is 0.260 e. The fourth-order valence-electron chi connectivity index (χ4n) is 3.87. The number of carbonyl (C=O) groups is 2. The molecule has 1 saturated carbocycles. The fourth-order valence-corrected chi connectivity index (χ4v) is 4.35. The smallest absolute Gasteiger partial charge is 0.260 e. The van der Waals surface area contributed by atoms with Gasteiger partial charge in [-0.05, 0) is 44.6 Å². The molecule has 0 aromatic heterocycles. The van der Waals surface area contributed by atoms with Gasteiger partial charge in [-0.1, -0.05) is 17.7 Å². The average molecular weight is 398 g/mol. The quantitative estimate of drug-likeness (QED) is 0.552. The first-order chi connectivity index (χ1) is 12.5. The Balaban J connectivity index is 1.71. The van der Waals surface area contributed by atoms with E-state index in [2.05, 4.69) is 0 Å². The number of carbonyl (C=O) groups excluding carboxylic acids is 2. The van der Waals surface area contributed by atoms with Crippen LogP contribution >= 0.6 is 23.2 Å². The summed E-state index contributed by atoms with van der Waals surface area (Å²) in [6.07, 6.45) is 6.65. The molecule has 2 unspecified atom stereocenters. The zero-order valence-electron chi connectivity index (χ0n) is 14.0. The highest BCUT2D eigenvalue weighted by atomic mass is 35.5. The van der Waals surface area contributed by atoms with Crippen molar-refractivity contribution in [1.82, 2.24) is 0 Å². The van der Waals surface area contributed by atoms with Gasteiger partial charge in [0.2, 0.25) is 5.91 Å². The summed E-state index contributed by atoms with van der Waals surface area (Å²) in [5.41, 5.74) is 0.373. The Labute approximate surface area is 160 Å². The Kier molecular flexibility index (Phi) is 4.70. The van der Waals surface area contributed by atoms with Crippen LogP contribution in [0.2, 0.25) is 5.02 Å². The maximum absolute atomic E-state index is 14.6. The van der Waals surface area contributed by atoms with Gasteiger partial charge in [0.25, 0.3) is 5.91 Å². The molecule has 4 nitrogen and oxygen atoms in total. The number of ether oxygens (including phenoxy) is 1. The molecule has 0 spiro atoms. The van der Waals surface area contributed by atoms with Crippen molar-refractivity contribution in [3.05, 3.63) is 34.6 Å². The van der Waals surface area contributed by atoms with Crippen molar-refractivity contribution < 1.29 is 18.7 Å². The second-order valence-corrected chi connectivity index (χ2v) is 7.98. The van der Waals surface area contributed by atoms with E-state index in [1.54, 1.807) is 6.08 Å². The average Bonchev–Trinajstić information content (AvgIpc) is 3.11. The molecule has 1 fully saturated rings. The lowest BCUT2D eigenvalue weighted by Crippen LogP contribution is -2.49. The van der Waals surface area contributed by atoms with Crippen molar-refractivity contribution in [2.24, 2.45) is 5.92 Å². The predicted octanol–water partition coefficient (Wildman–Crippen LogP) is 4.62. The molecule has 4 rings (SSSR count). The van der Waals surface area contributed by atoms with Gasteiger partial charge in [0.05, 0.1) is 22.7 Å². The minimum absolute atomic E-state index is 0.0212. The summed E-state index contributed by atoms with van der Waals surface area (Å²) >= 11 is 12.4. The van der Waals surface area contributed by atoms with Crippen molar-refractivity contribution in [3.63, 3.8) is 0 Å². The summed E-state index contributed by atoms with van der Waals surface area (Å²) in [4.78, 5) is 26.4. The van der Waals surface area contributed by atoms with Crippen molar-refractivity contribution in [1.29, 1.82) is 0 Å². The van der Waals surface area contributed by atoms with E-state index in [0.717, 1.165) is 36.6 Å². The van der Waals surface area contributed by atoms with Crippen LogP contribution in [0.3, 0.4) is 0 Å². The molecule has 138 valence electrons. The van der Waals surface area contributed by atoms with Gasteiger partial charge in [0.1, 0.15) is 11.6 Å². The minimum atomic E-state index is -0.734. The number of rotatable bonds is 3. The molecular formula is C19H18Cl2FNO3. The highest BCUT2D eigenvalue weighted by molar-refractivity contribution is 6.32. The second kappa shape index (κ2) is 6.86. The molecule has 2 bridgehead atoms. The molecule has 0 N–H and O–H groups in total. The summed E-state index contributed by atoms with van der Waals surface area (Å²) in [5.74, 6) is -2.06. The molecule has 1 aromatic rings. The zero-order chi connectivity index (χ0) is 18.4. The second-order valence-electron chi connectivity index (χ2n) is 7.01. The van der Waals surface area contributed by atoms with Crippen molar-refractivity contribution >= 4 is 40.7 Å². The van der Waals surface area contributed by atoms with Crippen molar-refractivity contribution in [2.75, 3.05) is 4.90 Å². The van der Waals surface area contributed by atoms with Gasteiger partial charge < -0.3 is 4.74 Å². The van der Waals surface area contributed by atoms with Crippen LogP contribution in [0.5, 0.6) is 5.75 Å². The number of nitrogens with zero attached hydrogens (tertiary/aromatic N) is 1. The van der Waals surface area contributed by atoms with E-state index in [-0.39, 0.29) is 16.8 Å². The van der Waals surface area contributed by atoms with E-state index < -0.39 is 28.9 Å². The molecule has 0 radical (unpaired) electrons. The van der Waals surface area contributed by atoms with E-state index in [1.807, 2.05) is 0 Å². The molecule has 1 aromatic carbocycles. The number of hydrogen-bond donors (Lipinski definition) is 0. The third kappa shape index (κ3) is 3.01. The Morgan fingerprint density at radius 3 is 2.62 bits per heavy atom. The number of imide groups is 1. The minimum Gasteiger partial charge on any atom is -0.489 e. The normalized spacial score (nSPS) is 26.3. The van der Waals surface area contributed by atoms with Crippen LogP contribution in [0.1, 0.15) is 38.5 Å². The summed E-state index contributed by atoms with van der Waals surface area (Å²) < 4.78 is 20.5. The summed E-state index contributed by atoms with van der Waals surface area (Å²) in [5, 5.41) is -0.267. The number of alkyl halides is 1. The molecule has 1 heterocycles. The maximum atomic E-state index is 14.6. The van der Waals surface area contributed by atoms with Gasteiger partial charge in [-0.2, -0.15) is 0 Å². The van der Waals surface area contributed by atoms with Gasteiger partial charge in [-0.15, -0.1) is 11.6 Å². The van der Waals surface area contributed by atoms with Crippen molar-refractivity contribution in [3.8, 4) is 5.75 Å². The monoisotopic (exact) mass is 397 g/mol. The lowest BCUT2D eigenvalue weighted by molar-refractivity contribution is -0.128. The topological polar surface area (TPSA) is 46.6 Å². The first-order valence-corrected chi connectivity index (χ1v) is 9.66. The summed E-state index contributed by atoms with van der Waals surface area (Å²) in [6, 6.07) is 2.45. The van der Waals surface area contributed by atoms with E-state index in [1.165, 1.54) is 6.07 Å². The van der Waals surface area contributed by atoms with Crippen LogP contribution in [0.4, 0.5) is 10.1 Å². The SMILES string of the molecule is O=C1C2=CC(C(=O)N1c1cc(OC3CCCC3)c(Cl)cc1F)C(Cl)CC2. The largest absolute Gasteiger partial charge is 0.489 e. The third-order valence-corrected chi connectivity index (χ3v) is 6.07. The number of amides is 2. The molecule has 2 amide bonds. The first-order valence-electron chi connectivity index (χ1n) is 8.84. The van der Waals surface area contributed by atoms with Crippen LogP contribution in [-0.2, 0) is 9.59 Å². The molecule has 3 aliphatic rings. The predicted molar refractivity (Wildman–Crippen MR) is 97.2 cm³/mol. The van der Waals surface area contributed by atoms with Gasteiger partial charge in [0.15, 0.2) is 0 Å². The number of halogens is 3. The Hall–Kier alpha value is -1.59. The molecule has 0 saturated heterocycles. The molecule has 2 atom stereocenters. The number of fused-ring (bicyclic) bond motifs is 1. The van der Waals surface area contributed by atoms with E-state index >= 15 is 0 Å². The molecule has 7 heteroatoms. The first kappa shape index (κ1) is 17.8. The standard InChI is InChI=1S/C19H18Cl2FNO3/c20-13-6-5-10-7-12(13)19(25)23(18(10)24)16-9-17(14(21)8-15(16)22)26-11-3-1-2-4-11/h7-9,11-13H,1-6H2. The lowest BCUT2D eigenvalue weighted by Gasteiger charge is -2.35.